The predicted octanol–water partition coefficient (Wildman–Crippen LogP) is 3.52. The van der Waals surface area contributed by atoms with E-state index in [1.165, 1.54) is 0 Å². The van der Waals surface area contributed by atoms with Crippen molar-refractivity contribution in [3.8, 4) is 0 Å². The van der Waals surface area contributed by atoms with Gasteiger partial charge in [0, 0.05) is 16.2 Å². The van der Waals surface area contributed by atoms with Crippen LogP contribution in [0.4, 0.5) is 14.5 Å². The molecule has 0 spiro atoms. The van der Waals surface area contributed by atoms with Crippen molar-refractivity contribution in [2.45, 2.75) is 0 Å². The van der Waals surface area contributed by atoms with Crippen LogP contribution < -0.4 is 5.32 Å². The highest BCUT2D eigenvalue weighted by atomic mass is 79.9. The summed E-state index contributed by atoms with van der Waals surface area (Å²) in [6.45, 7) is -0.562. The molecule has 0 aliphatic rings. The van der Waals surface area contributed by atoms with Gasteiger partial charge in [-0.25, -0.2) is 13.6 Å². The molecule has 0 fully saturated rings. The van der Waals surface area contributed by atoms with Crippen molar-refractivity contribution < 1.29 is 23.1 Å². The number of amides is 1. The maximum absolute atomic E-state index is 13.0. The van der Waals surface area contributed by atoms with Crippen LogP contribution in [0.15, 0.2) is 46.9 Å². The number of rotatable bonds is 4. The Morgan fingerprint density at radius 2 is 1.64 bits per heavy atom. The van der Waals surface area contributed by atoms with E-state index in [2.05, 4.69) is 21.2 Å². The number of benzene rings is 2. The first kappa shape index (κ1) is 16.1. The summed E-state index contributed by atoms with van der Waals surface area (Å²) < 4.78 is 31.5. The molecule has 0 saturated carbocycles. The summed E-state index contributed by atoms with van der Waals surface area (Å²) in [4.78, 5) is 23.2. The standard InChI is InChI=1S/C15H10BrF2NO3/c16-10-1-3-13(4-2-10)19-14(20)8-22-15(21)9-5-11(17)7-12(18)6-9/h1-7H,8H2,(H,19,20). The van der Waals surface area contributed by atoms with E-state index in [9.17, 15) is 18.4 Å². The van der Waals surface area contributed by atoms with Gasteiger partial charge < -0.3 is 10.1 Å². The minimum atomic E-state index is -0.982. The minimum absolute atomic E-state index is 0.297. The van der Waals surface area contributed by atoms with E-state index in [1.54, 1.807) is 24.3 Å². The molecule has 0 radical (unpaired) electrons. The maximum Gasteiger partial charge on any atom is 0.338 e. The van der Waals surface area contributed by atoms with Crippen LogP contribution in [0.3, 0.4) is 0 Å². The molecular weight excluding hydrogens is 360 g/mol. The second-order valence-electron chi connectivity index (χ2n) is 4.29. The molecule has 0 unspecified atom stereocenters. The van der Waals surface area contributed by atoms with Gasteiger partial charge in [-0.3, -0.25) is 4.79 Å². The predicted molar refractivity (Wildman–Crippen MR) is 79.4 cm³/mol. The molecule has 1 amide bonds. The lowest BCUT2D eigenvalue weighted by Gasteiger charge is -2.07. The highest BCUT2D eigenvalue weighted by Gasteiger charge is 2.12. The lowest BCUT2D eigenvalue weighted by molar-refractivity contribution is -0.119. The third-order valence-electron chi connectivity index (χ3n) is 2.56. The van der Waals surface area contributed by atoms with Gasteiger partial charge in [0.2, 0.25) is 0 Å². The summed E-state index contributed by atoms with van der Waals surface area (Å²) in [5, 5.41) is 2.51. The molecule has 2 aromatic rings. The Hall–Kier alpha value is -2.28. The number of anilines is 1. The summed E-state index contributed by atoms with van der Waals surface area (Å²) in [7, 11) is 0. The zero-order valence-corrected chi connectivity index (χ0v) is 12.7. The molecule has 7 heteroatoms. The Labute approximate surface area is 133 Å². The fraction of sp³-hybridized carbons (Fsp3) is 0.0667. The fourth-order valence-electron chi connectivity index (χ4n) is 1.62. The maximum atomic E-state index is 13.0. The molecular formula is C15H10BrF2NO3. The average molecular weight is 370 g/mol. The molecule has 0 heterocycles. The largest absolute Gasteiger partial charge is 0.452 e. The first-order valence-electron chi connectivity index (χ1n) is 6.12. The van der Waals surface area contributed by atoms with E-state index >= 15 is 0 Å². The Bertz CT molecular complexity index is 684. The number of carbonyl (C=O) groups is 2. The van der Waals surface area contributed by atoms with E-state index in [4.69, 9.17) is 4.74 Å². The van der Waals surface area contributed by atoms with Crippen molar-refractivity contribution in [2.75, 3.05) is 11.9 Å². The van der Waals surface area contributed by atoms with Crippen LogP contribution in [-0.4, -0.2) is 18.5 Å². The zero-order valence-electron chi connectivity index (χ0n) is 11.1. The molecule has 114 valence electrons. The number of nitrogens with one attached hydrogen (secondary N) is 1. The van der Waals surface area contributed by atoms with Crippen molar-refractivity contribution in [1.29, 1.82) is 0 Å². The Morgan fingerprint density at radius 1 is 1.05 bits per heavy atom. The van der Waals surface area contributed by atoms with Crippen molar-refractivity contribution in [3.63, 3.8) is 0 Å². The van der Waals surface area contributed by atoms with E-state index in [-0.39, 0.29) is 5.56 Å². The smallest absolute Gasteiger partial charge is 0.338 e. The monoisotopic (exact) mass is 369 g/mol. The molecule has 22 heavy (non-hydrogen) atoms. The number of esters is 1. The summed E-state index contributed by atoms with van der Waals surface area (Å²) >= 11 is 3.26. The number of carbonyl (C=O) groups excluding carboxylic acids is 2. The molecule has 0 bridgehead atoms. The number of hydrogen-bond donors (Lipinski definition) is 1. The molecule has 2 aromatic carbocycles. The molecule has 0 aliphatic heterocycles. The second kappa shape index (κ2) is 7.13. The van der Waals surface area contributed by atoms with Crippen LogP contribution in [-0.2, 0) is 9.53 Å². The van der Waals surface area contributed by atoms with Crippen LogP contribution >= 0.6 is 15.9 Å². The second-order valence-corrected chi connectivity index (χ2v) is 5.21. The first-order chi connectivity index (χ1) is 10.4. The van der Waals surface area contributed by atoms with Gasteiger partial charge in [0.25, 0.3) is 5.91 Å². The summed E-state index contributed by atoms with van der Waals surface area (Å²) in [5.74, 6) is -3.34. The topological polar surface area (TPSA) is 55.4 Å². The normalized spacial score (nSPS) is 10.1. The van der Waals surface area contributed by atoms with Gasteiger partial charge in [0.05, 0.1) is 5.56 Å². The van der Waals surface area contributed by atoms with E-state index in [1.807, 2.05) is 0 Å². The van der Waals surface area contributed by atoms with Crippen LogP contribution in [0, 0.1) is 11.6 Å². The van der Waals surface area contributed by atoms with Crippen molar-refractivity contribution in [2.24, 2.45) is 0 Å². The van der Waals surface area contributed by atoms with Gasteiger partial charge in [-0.1, -0.05) is 15.9 Å². The summed E-state index contributed by atoms with van der Waals surface area (Å²) in [6, 6.07) is 9.08. The lowest BCUT2D eigenvalue weighted by atomic mass is 10.2. The van der Waals surface area contributed by atoms with Gasteiger partial charge in [0.1, 0.15) is 11.6 Å². The number of halogens is 3. The third-order valence-corrected chi connectivity index (χ3v) is 3.09. The Kier molecular flexibility index (Phi) is 5.21. The molecule has 0 saturated heterocycles. The van der Waals surface area contributed by atoms with E-state index in [0.717, 1.165) is 16.6 Å². The van der Waals surface area contributed by atoms with Crippen molar-refractivity contribution in [1.82, 2.24) is 0 Å². The number of ether oxygens (including phenoxy) is 1. The third kappa shape index (κ3) is 4.63. The van der Waals surface area contributed by atoms with Crippen LogP contribution in [0.2, 0.25) is 0 Å². The number of hydrogen-bond acceptors (Lipinski definition) is 3. The minimum Gasteiger partial charge on any atom is -0.452 e. The Morgan fingerprint density at radius 3 is 2.23 bits per heavy atom. The lowest BCUT2D eigenvalue weighted by Crippen LogP contribution is -2.21. The van der Waals surface area contributed by atoms with Crippen LogP contribution in [0.1, 0.15) is 10.4 Å². The van der Waals surface area contributed by atoms with E-state index in [0.29, 0.717) is 11.8 Å². The highest BCUT2D eigenvalue weighted by molar-refractivity contribution is 9.10. The quantitative estimate of drug-likeness (QED) is 0.838. The first-order valence-corrected chi connectivity index (χ1v) is 6.92. The van der Waals surface area contributed by atoms with Gasteiger partial charge >= 0.3 is 5.97 Å². The summed E-state index contributed by atoms with van der Waals surface area (Å²) in [5.41, 5.74) is 0.231. The van der Waals surface area contributed by atoms with Gasteiger partial charge in [0.15, 0.2) is 6.61 Å². The molecule has 4 nitrogen and oxygen atoms in total. The molecule has 1 N–H and O–H groups in total. The van der Waals surface area contributed by atoms with Gasteiger partial charge in [-0.15, -0.1) is 0 Å². The van der Waals surface area contributed by atoms with Crippen LogP contribution in [0.5, 0.6) is 0 Å². The van der Waals surface area contributed by atoms with Gasteiger partial charge in [-0.2, -0.15) is 0 Å². The molecule has 2 rings (SSSR count). The van der Waals surface area contributed by atoms with Gasteiger partial charge in [-0.05, 0) is 36.4 Å². The molecule has 0 aromatic heterocycles. The Balaban J connectivity index is 1.90. The highest BCUT2D eigenvalue weighted by Crippen LogP contribution is 2.14. The average Bonchev–Trinajstić information content (AvgIpc) is 2.46. The summed E-state index contributed by atoms with van der Waals surface area (Å²) in [6.07, 6.45) is 0. The SMILES string of the molecule is O=C(COC(=O)c1cc(F)cc(F)c1)Nc1ccc(Br)cc1. The van der Waals surface area contributed by atoms with Crippen LogP contribution in [0.25, 0.3) is 0 Å². The molecule has 0 atom stereocenters. The van der Waals surface area contributed by atoms with Crippen molar-refractivity contribution >= 4 is 33.5 Å². The fourth-order valence-corrected chi connectivity index (χ4v) is 1.88. The van der Waals surface area contributed by atoms with Crippen molar-refractivity contribution in [3.05, 3.63) is 64.1 Å². The van der Waals surface area contributed by atoms with E-state index < -0.39 is 30.1 Å². The zero-order chi connectivity index (χ0) is 16.1. The molecule has 0 aliphatic carbocycles.